The van der Waals surface area contributed by atoms with Crippen molar-refractivity contribution in [1.82, 2.24) is 0 Å². The van der Waals surface area contributed by atoms with Crippen LogP contribution in [-0.4, -0.2) is 14.3 Å². The van der Waals surface area contributed by atoms with Gasteiger partial charge in [-0.3, -0.25) is 4.79 Å². The maximum Gasteiger partial charge on any atom is 0.270 e. The molecular weight excluding hydrogens is 370 g/mol. The van der Waals surface area contributed by atoms with Gasteiger partial charge in [0.2, 0.25) is 5.91 Å². The van der Waals surface area contributed by atoms with Crippen LogP contribution in [0.5, 0.6) is 0 Å². The van der Waals surface area contributed by atoms with Crippen LogP contribution in [0.1, 0.15) is 24.5 Å². The van der Waals surface area contributed by atoms with Crippen LogP contribution in [0, 0.1) is 0 Å². The molecule has 28 heavy (non-hydrogen) atoms. The van der Waals surface area contributed by atoms with Crippen LogP contribution in [0.15, 0.2) is 89.8 Å². The van der Waals surface area contributed by atoms with Crippen LogP contribution >= 0.6 is 0 Å². The maximum atomic E-state index is 13.2. The molecule has 0 N–H and O–H groups in total. The summed E-state index contributed by atoms with van der Waals surface area (Å²) in [6, 6.07) is 24.7. The Balaban J connectivity index is 1.95. The van der Waals surface area contributed by atoms with Crippen molar-refractivity contribution in [2.75, 3.05) is 4.31 Å². The smallest absolute Gasteiger partial charge is 0.270 e. The summed E-state index contributed by atoms with van der Waals surface area (Å²) in [6.07, 6.45) is 1.42. The van der Waals surface area contributed by atoms with Crippen LogP contribution in [0.2, 0.25) is 0 Å². The maximum absolute atomic E-state index is 13.2. The second kappa shape index (κ2) is 8.85. The van der Waals surface area contributed by atoms with Gasteiger partial charge in [-0.1, -0.05) is 67.6 Å². The minimum absolute atomic E-state index is 0.0997. The lowest BCUT2D eigenvalue weighted by Crippen LogP contribution is -2.37. The SMILES string of the molecule is CCc1ccc(N(C(=O)CCc2ccccc2)S(=O)(=O)c2ccccc2)cc1. The summed E-state index contributed by atoms with van der Waals surface area (Å²) in [7, 11) is -3.99. The highest BCUT2D eigenvalue weighted by Crippen LogP contribution is 2.25. The average molecular weight is 394 g/mol. The first kappa shape index (κ1) is 19.8. The molecule has 0 aliphatic carbocycles. The van der Waals surface area contributed by atoms with Gasteiger partial charge in [0.15, 0.2) is 0 Å². The lowest BCUT2D eigenvalue weighted by atomic mass is 10.1. The Morgan fingerprint density at radius 2 is 1.36 bits per heavy atom. The minimum Gasteiger partial charge on any atom is -0.273 e. The third-order valence-electron chi connectivity index (χ3n) is 4.56. The van der Waals surface area contributed by atoms with E-state index in [2.05, 4.69) is 0 Å². The molecule has 5 heteroatoms. The van der Waals surface area contributed by atoms with E-state index >= 15 is 0 Å². The predicted molar refractivity (Wildman–Crippen MR) is 112 cm³/mol. The number of carbonyl (C=O) groups excluding carboxylic acids is 1. The monoisotopic (exact) mass is 393 g/mol. The zero-order valence-corrected chi connectivity index (χ0v) is 16.6. The van der Waals surface area contributed by atoms with Gasteiger partial charge in [-0.2, -0.15) is 0 Å². The third-order valence-corrected chi connectivity index (χ3v) is 6.32. The summed E-state index contributed by atoms with van der Waals surface area (Å²) in [5.74, 6) is -0.447. The third kappa shape index (κ3) is 4.49. The van der Waals surface area contributed by atoms with Crippen molar-refractivity contribution in [2.24, 2.45) is 0 Å². The number of amides is 1. The molecule has 0 bridgehead atoms. The lowest BCUT2D eigenvalue weighted by Gasteiger charge is -2.23. The fraction of sp³-hybridized carbons (Fsp3) is 0.174. The van der Waals surface area contributed by atoms with Crippen molar-refractivity contribution >= 4 is 21.6 Å². The first-order valence-electron chi connectivity index (χ1n) is 9.28. The summed E-state index contributed by atoms with van der Waals surface area (Å²) in [6.45, 7) is 2.03. The highest BCUT2D eigenvalue weighted by atomic mass is 32.2. The zero-order chi connectivity index (χ0) is 20.0. The fourth-order valence-electron chi connectivity index (χ4n) is 2.98. The number of hydrogen-bond acceptors (Lipinski definition) is 3. The van der Waals surface area contributed by atoms with Gasteiger partial charge in [-0.15, -0.1) is 0 Å². The molecule has 3 rings (SSSR count). The van der Waals surface area contributed by atoms with Gasteiger partial charge in [-0.05, 0) is 48.2 Å². The van der Waals surface area contributed by atoms with Crippen molar-refractivity contribution in [3.05, 3.63) is 96.1 Å². The number of nitrogens with zero attached hydrogens (tertiary/aromatic N) is 1. The molecule has 0 aliphatic heterocycles. The van der Waals surface area contributed by atoms with E-state index in [-0.39, 0.29) is 11.3 Å². The van der Waals surface area contributed by atoms with Crippen molar-refractivity contribution in [3.63, 3.8) is 0 Å². The molecular formula is C23H23NO3S. The van der Waals surface area contributed by atoms with Gasteiger partial charge < -0.3 is 0 Å². The Kier molecular flexibility index (Phi) is 6.26. The molecule has 0 saturated heterocycles. The first-order valence-corrected chi connectivity index (χ1v) is 10.7. The molecule has 0 fully saturated rings. The van der Waals surface area contributed by atoms with E-state index < -0.39 is 15.9 Å². The van der Waals surface area contributed by atoms with E-state index in [0.717, 1.165) is 21.9 Å². The number of hydrogen-bond donors (Lipinski definition) is 0. The molecule has 4 nitrogen and oxygen atoms in total. The summed E-state index contributed by atoms with van der Waals surface area (Å²) in [5.41, 5.74) is 2.44. The molecule has 0 heterocycles. The predicted octanol–water partition coefficient (Wildman–Crippen LogP) is 4.60. The highest BCUT2D eigenvalue weighted by molar-refractivity contribution is 7.93. The van der Waals surface area contributed by atoms with E-state index in [4.69, 9.17) is 0 Å². The first-order chi connectivity index (χ1) is 13.5. The van der Waals surface area contributed by atoms with Gasteiger partial charge >= 0.3 is 0 Å². The van der Waals surface area contributed by atoms with Crippen molar-refractivity contribution in [3.8, 4) is 0 Å². The van der Waals surface area contributed by atoms with Crippen LogP contribution < -0.4 is 4.31 Å². The molecule has 0 aliphatic rings. The Morgan fingerprint density at radius 1 is 0.786 bits per heavy atom. The van der Waals surface area contributed by atoms with Gasteiger partial charge in [0.05, 0.1) is 10.6 Å². The number of carbonyl (C=O) groups is 1. The number of anilines is 1. The molecule has 0 spiro atoms. The quantitative estimate of drug-likeness (QED) is 0.589. The van der Waals surface area contributed by atoms with E-state index in [1.165, 1.54) is 12.1 Å². The van der Waals surface area contributed by atoms with E-state index in [1.807, 2.05) is 49.4 Å². The molecule has 3 aromatic rings. The largest absolute Gasteiger partial charge is 0.273 e. The summed E-state index contributed by atoms with van der Waals surface area (Å²) in [5, 5.41) is 0. The average Bonchev–Trinajstić information content (AvgIpc) is 2.74. The molecule has 0 atom stereocenters. The molecule has 0 unspecified atom stereocenters. The molecule has 3 aromatic carbocycles. The second-order valence-electron chi connectivity index (χ2n) is 6.48. The van der Waals surface area contributed by atoms with Crippen molar-refractivity contribution in [1.29, 1.82) is 0 Å². The van der Waals surface area contributed by atoms with Crippen LogP contribution in [0.25, 0.3) is 0 Å². The molecule has 0 radical (unpaired) electrons. The Hall–Kier alpha value is -2.92. The number of rotatable bonds is 7. The summed E-state index contributed by atoms with van der Waals surface area (Å²) < 4.78 is 27.4. The number of sulfonamides is 1. The van der Waals surface area contributed by atoms with Crippen LogP contribution in [0.4, 0.5) is 5.69 Å². The van der Waals surface area contributed by atoms with E-state index in [9.17, 15) is 13.2 Å². The van der Waals surface area contributed by atoms with Crippen molar-refractivity contribution < 1.29 is 13.2 Å². The standard InChI is InChI=1S/C23H23NO3S/c1-2-19-13-16-21(17-14-19)24(28(26,27)22-11-7-4-8-12-22)23(25)18-15-20-9-5-3-6-10-20/h3-14,16-17H,2,15,18H2,1H3. The molecule has 144 valence electrons. The van der Waals surface area contributed by atoms with Gasteiger partial charge in [-0.25, -0.2) is 12.7 Å². The zero-order valence-electron chi connectivity index (χ0n) is 15.8. The minimum atomic E-state index is -3.99. The molecule has 0 saturated carbocycles. The van der Waals surface area contributed by atoms with E-state index in [0.29, 0.717) is 12.1 Å². The fourth-order valence-corrected chi connectivity index (χ4v) is 4.45. The Bertz CT molecular complexity index is 1010. The Labute approximate surface area is 166 Å². The van der Waals surface area contributed by atoms with Crippen LogP contribution in [0.3, 0.4) is 0 Å². The van der Waals surface area contributed by atoms with Crippen LogP contribution in [-0.2, 0) is 27.7 Å². The van der Waals surface area contributed by atoms with E-state index in [1.54, 1.807) is 30.3 Å². The topological polar surface area (TPSA) is 54.5 Å². The van der Waals surface area contributed by atoms with Gasteiger partial charge in [0, 0.05) is 6.42 Å². The number of benzene rings is 3. The lowest BCUT2D eigenvalue weighted by molar-refractivity contribution is -0.117. The highest BCUT2D eigenvalue weighted by Gasteiger charge is 2.30. The summed E-state index contributed by atoms with van der Waals surface area (Å²) in [4.78, 5) is 13.1. The second-order valence-corrected chi connectivity index (χ2v) is 8.27. The van der Waals surface area contributed by atoms with Crippen molar-refractivity contribution in [2.45, 2.75) is 31.1 Å². The summed E-state index contributed by atoms with van der Waals surface area (Å²) >= 11 is 0. The van der Waals surface area contributed by atoms with Gasteiger partial charge in [0.25, 0.3) is 10.0 Å². The molecule has 1 amide bonds. The molecule has 0 aromatic heterocycles. The normalized spacial score (nSPS) is 11.2. The number of aryl methyl sites for hydroxylation is 2. The Morgan fingerprint density at radius 3 is 1.93 bits per heavy atom. The van der Waals surface area contributed by atoms with Gasteiger partial charge in [0.1, 0.15) is 0 Å².